The van der Waals surface area contributed by atoms with Crippen LogP contribution >= 0.6 is 0 Å². The molecule has 0 saturated carbocycles. The SMILES string of the molecule is C.C=CCc1ccccc1C=C. The Labute approximate surface area is 75.2 Å². The molecule has 1 aromatic carbocycles. The standard InChI is InChI=1S/C11H12.CH4/c1-3-7-11-9-6-5-8-10(11)4-2;/h3-6,8-9H,1-2,7H2;1H4. The zero-order valence-electron chi connectivity index (χ0n) is 6.59. The van der Waals surface area contributed by atoms with Crippen molar-refractivity contribution in [2.45, 2.75) is 13.8 Å². The van der Waals surface area contributed by atoms with Crippen LogP contribution < -0.4 is 0 Å². The first-order chi connectivity index (χ1) is 5.38. The number of benzene rings is 1. The minimum Gasteiger partial charge on any atom is -0.103 e. The Morgan fingerprint density at radius 2 is 1.83 bits per heavy atom. The Balaban J connectivity index is 0.00000121. The monoisotopic (exact) mass is 160 g/mol. The summed E-state index contributed by atoms with van der Waals surface area (Å²) in [5.41, 5.74) is 2.49. The smallest absolute Gasteiger partial charge is 0.00942 e. The van der Waals surface area contributed by atoms with Crippen molar-refractivity contribution >= 4 is 6.08 Å². The summed E-state index contributed by atoms with van der Waals surface area (Å²) in [5, 5.41) is 0. The summed E-state index contributed by atoms with van der Waals surface area (Å²) in [7, 11) is 0. The second-order valence-corrected chi connectivity index (χ2v) is 2.40. The van der Waals surface area contributed by atoms with E-state index < -0.39 is 0 Å². The van der Waals surface area contributed by atoms with Crippen LogP contribution in [0.15, 0.2) is 43.5 Å². The molecule has 0 fully saturated rings. The highest BCUT2D eigenvalue weighted by molar-refractivity contribution is 5.52. The van der Waals surface area contributed by atoms with Gasteiger partial charge in [0.15, 0.2) is 0 Å². The minimum atomic E-state index is 0. The zero-order valence-corrected chi connectivity index (χ0v) is 6.59. The summed E-state index contributed by atoms with van der Waals surface area (Å²) in [6, 6.07) is 8.21. The summed E-state index contributed by atoms with van der Waals surface area (Å²) >= 11 is 0. The predicted molar refractivity (Wildman–Crippen MR) is 57.2 cm³/mol. The largest absolute Gasteiger partial charge is 0.103 e. The molecule has 0 aromatic heterocycles. The van der Waals surface area contributed by atoms with Gasteiger partial charge < -0.3 is 0 Å². The van der Waals surface area contributed by atoms with Gasteiger partial charge in [0.05, 0.1) is 0 Å². The Bertz CT molecular complexity index is 258. The van der Waals surface area contributed by atoms with Crippen molar-refractivity contribution in [3.05, 3.63) is 54.6 Å². The van der Waals surface area contributed by atoms with Crippen LogP contribution in [0, 0.1) is 0 Å². The van der Waals surface area contributed by atoms with Crippen LogP contribution in [0.2, 0.25) is 0 Å². The summed E-state index contributed by atoms with van der Waals surface area (Å²) in [5.74, 6) is 0. The Morgan fingerprint density at radius 3 is 2.42 bits per heavy atom. The molecule has 0 aliphatic heterocycles. The van der Waals surface area contributed by atoms with Crippen molar-refractivity contribution in [2.24, 2.45) is 0 Å². The van der Waals surface area contributed by atoms with E-state index in [1.54, 1.807) is 0 Å². The summed E-state index contributed by atoms with van der Waals surface area (Å²) in [4.78, 5) is 0. The summed E-state index contributed by atoms with van der Waals surface area (Å²) < 4.78 is 0. The van der Waals surface area contributed by atoms with Crippen LogP contribution in [0.4, 0.5) is 0 Å². The van der Waals surface area contributed by atoms with Crippen molar-refractivity contribution in [3.63, 3.8) is 0 Å². The molecule has 0 N–H and O–H groups in total. The summed E-state index contributed by atoms with van der Waals surface area (Å²) in [6.45, 7) is 7.44. The van der Waals surface area contributed by atoms with Crippen LogP contribution in [-0.4, -0.2) is 0 Å². The second kappa shape index (κ2) is 5.36. The Hall–Kier alpha value is -1.30. The van der Waals surface area contributed by atoms with E-state index in [0.29, 0.717) is 0 Å². The topological polar surface area (TPSA) is 0 Å². The van der Waals surface area contributed by atoms with Gasteiger partial charge >= 0.3 is 0 Å². The zero-order chi connectivity index (χ0) is 8.10. The average Bonchev–Trinajstić information content (AvgIpc) is 2.06. The van der Waals surface area contributed by atoms with Crippen LogP contribution in [0.3, 0.4) is 0 Å². The van der Waals surface area contributed by atoms with E-state index in [4.69, 9.17) is 0 Å². The minimum absolute atomic E-state index is 0. The average molecular weight is 160 g/mol. The lowest BCUT2D eigenvalue weighted by atomic mass is 10.1. The lowest BCUT2D eigenvalue weighted by Crippen LogP contribution is -1.84. The number of hydrogen-bond donors (Lipinski definition) is 0. The molecule has 0 amide bonds. The molecule has 12 heavy (non-hydrogen) atoms. The highest BCUT2D eigenvalue weighted by Crippen LogP contribution is 2.10. The molecule has 0 bridgehead atoms. The van der Waals surface area contributed by atoms with E-state index in [0.717, 1.165) is 6.42 Å². The van der Waals surface area contributed by atoms with Gasteiger partial charge in [-0.05, 0) is 17.5 Å². The molecular formula is C12H16. The van der Waals surface area contributed by atoms with Crippen LogP contribution in [0.1, 0.15) is 18.6 Å². The van der Waals surface area contributed by atoms with E-state index in [1.807, 2.05) is 24.3 Å². The van der Waals surface area contributed by atoms with Gasteiger partial charge in [0, 0.05) is 0 Å². The number of rotatable bonds is 3. The van der Waals surface area contributed by atoms with Crippen molar-refractivity contribution in [1.82, 2.24) is 0 Å². The van der Waals surface area contributed by atoms with Crippen LogP contribution in [0.5, 0.6) is 0 Å². The van der Waals surface area contributed by atoms with Gasteiger partial charge in [-0.2, -0.15) is 0 Å². The third-order valence-electron chi connectivity index (χ3n) is 1.64. The highest BCUT2D eigenvalue weighted by atomic mass is 14.0. The molecule has 0 atom stereocenters. The molecule has 1 rings (SSSR count). The van der Waals surface area contributed by atoms with Crippen molar-refractivity contribution in [1.29, 1.82) is 0 Å². The van der Waals surface area contributed by atoms with Gasteiger partial charge in [0.25, 0.3) is 0 Å². The van der Waals surface area contributed by atoms with Crippen LogP contribution in [-0.2, 0) is 6.42 Å². The third kappa shape index (κ3) is 2.39. The fourth-order valence-corrected chi connectivity index (χ4v) is 1.07. The van der Waals surface area contributed by atoms with Gasteiger partial charge in [0.1, 0.15) is 0 Å². The third-order valence-corrected chi connectivity index (χ3v) is 1.64. The first-order valence-corrected chi connectivity index (χ1v) is 3.69. The highest BCUT2D eigenvalue weighted by Gasteiger charge is 1.93. The van der Waals surface area contributed by atoms with E-state index in [1.165, 1.54) is 11.1 Å². The maximum absolute atomic E-state index is 3.74. The van der Waals surface area contributed by atoms with Gasteiger partial charge in [0.2, 0.25) is 0 Å². The lowest BCUT2D eigenvalue weighted by molar-refractivity contribution is 1.26. The molecule has 0 unspecified atom stereocenters. The fraction of sp³-hybridized carbons (Fsp3) is 0.167. The molecule has 0 heterocycles. The molecule has 0 saturated heterocycles. The Morgan fingerprint density at radius 1 is 1.17 bits per heavy atom. The maximum Gasteiger partial charge on any atom is -0.00942 e. The number of allylic oxidation sites excluding steroid dienone is 1. The first kappa shape index (κ1) is 10.7. The lowest BCUT2D eigenvalue weighted by Gasteiger charge is -2.00. The number of hydrogen-bond acceptors (Lipinski definition) is 0. The Kier molecular flexibility index (Phi) is 4.78. The van der Waals surface area contributed by atoms with Crippen molar-refractivity contribution < 1.29 is 0 Å². The maximum atomic E-state index is 3.74. The second-order valence-electron chi connectivity index (χ2n) is 2.40. The fourth-order valence-electron chi connectivity index (χ4n) is 1.07. The first-order valence-electron chi connectivity index (χ1n) is 3.69. The molecule has 1 aromatic rings. The predicted octanol–water partition coefficient (Wildman–Crippen LogP) is 3.69. The van der Waals surface area contributed by atoms with Gasteiger partial charge in [-0.3, -0.25) is 0 Å². The van der Waals surface area contributed by atoms with E-state index >= 15 is 0 Å². The normalized spacial score (nSPS) is 8.33. The molecule has 0 radical (unpaired) electrons. The van der Waals surface area contributed by atoms with E-state index in [2.05, 4.69) is 25.3 Å². The van der Waals surface area contributed by atoms with Gasteiger partial charge in [-0.15, -0.1) is 6.58 Å². The van der Waals surface area contributed by atoms with Crippen LogP contribution in [0.25, 0.3) is 6.08 Å². The van der Waals surface area contributed by atoms with Crippen molar-refractivity contribution in [3.8, 4) is 0 Å². The van der Waals surface area contributed by atoms with Crippen molar-refractivity contribution in [2.75, 3.05) is 0 Å². The van der Waals surface area contributed by atoms with E-state index in [-0.39, 0.29) is 7.43 Å². The van der Waals surface area contributed by atoms with E-state index in [9.17, 15) is 0 Å². The van der Waals surface area contributed by atoms with Gasteiger partial charge in [-0.1, -0.05) is 50.4 Å². The van der Waals surface area contributed by atoms with Gasteiger partial charge in [-0.25, -0.2) is 0 Å². The molecule has 0 heteroatoms. The molecule has 0 aliphatic carbocycles. The molecule has 64 valence electrons. The summed E-state index contributed by atoms with van der Waals surface area (Å²) in [6.07, 6.45) is 4.70. The molecular weight excluding hydrogens is 144 g/mol. The molecule has 0 nitrogen and oxygen atoms in total. The molecule has 0 aliphatic rings. The quantitative estimate of drug-likeness (QED) is 0.591. The molecule has 0 spiro atoms.